The second kappa shape index (κ2) is 9.55. The maximum Gasteiger partial charge on any atom is 0.240 e. The van der Waals surface area contributed by atoms with Crippen LogP contribution in [0.5, 0.6) is 0 Å². The van der Waals surface area contributed by atoms with E-state index in [2.05, 4.69) is 5.32 Å². The Bertz CT molecular complexity index is 434. The van der Waals surface area contributed by atoms with Gasteiger partial charge in [0.1, 0.15) is 6.04 Å². The van der Waals surface area contributed by atoms with E-state index in [1.54, 1.807) is 25.6 Å². The Kier molecular flexibility index (Phi) is 9.31. The summed E-state index contributed by atoms with van der Waals surface area (Å²) >= 11 is 1.54. The fourth-order valence-corrected chi connectivity index (χ4v) is 4.33. The number of nitrogens with one attached hydrogen (secondary N) is 1. The lowest BCUT2D eigenvalue weighted by atomic mass is 10.0. The zero-order valence-corrected chi connectivity index (χ0v) is 15.3. The number of hydrogen-bond donors (Lipinski definition) is 4. The predicted molar refractivity (Wildman–Crippen MR) is 90.8 cm³/mol. The van der Waals surface area contributed by atoms with Gasteiger partial charge in [-0.3, -0.25) is 14.2 Å². The number of carbonyl (C=O) groups is 2. The molecule has 0 radical (unpaired) electrons. The minimum Gasteiger partial charge on any atom is -0.368 e. The largest absolute Gasteiger partial charge is 0.368 e. The maximum atomic E-state index is 12.2. The van der Waals surface area contributed by atoms with E-state index in [0.29, 0.717) is 12.2 Å². The first-order chi connectivity index (χ1) is 10.0. The van der Waals surface area contributed by atoms with Crippen LogP contribution in [0.4, 0.5) is 0 Å². The summed E-state index contributed by atoms with van der Waals surface area (Å²) in [6.07, 6.45) is 2.10. The van der Waals surface area contributed by atoms with Gasteiger partial charge in [0.15, 0.2) is 0 Å². The van der Waals surface area contributed by atoms with Gasteiger partial charge in [0.05, 0.1) is 5.78 Å². The molecule has 0 aliphatic heterocycles. The van der Waals surface area contributed by atoms with Gasteiger partial charge in [0.2, 0.25) is 19.2 Å². The number of thioether (sulfide) groups is 1. The van der Waals surface area contributed by atoms with Crippen molar-refractivity contribution in [3.8, 4) is 0 Å². The van der Waals surface area contributed by atoms with Gasteiger partial charge in [-0.1, -0.05) is 20.8 Å². The summed E-state index contributed by atoms with van der Waals surface area (Å²) in [5.41, 5.74) is 11.0. The van der Waals surface area contributed by atoms with E-state index in [0.717, 1.165) is 0 Å². The van der Waals surface area contributed by atoms with Crippen molar-refractivity contribution in [3.63, 3.8) is 0 Å². The first-order valence-electron chi connectivity index (χ1n) is 7.18. The lowest BCUT2D eigenvalue weighted by Gasteiger charge is -2.24. The molecule has 4 atom stereocenters. The van der Waals surface area contributed by atoms with E-state index in [9.17, 15) is 19.0 Å². The number of amides is 2. The summed E-state index contributed by atoms with van der Waals surface area (Å²) in [4.78, 5) is 33.4. The zero-order chi connectivity index (χ0) is 17.5. The van der Waals surface area contributed by atoms with Gasteiger partial charge in [-0.25, -0.2) is 0 Å². The Labute approximate surface area is 136 Å². The third kappa shape index (κ3) is 7.13. The van der Waals surface area contributed by atoms with Crippen molar-refractivity contribution < 1.29 is 19.0 Å². The Morgan fingerprint density at radius 3 is 2.27 bits per heavy atom. The normalized spacial score (nSPS) is 18.3. The predicted octanol–water partition coefficient (Wildman–Crippen LogP) is 0.557. The fourth-order valence-electron chi connectivity index (χ4n) is 1.91. The molecule has 0 aliphatic carbocycles. The van der Waals surface area contributed by atoms with Crippen molar-refractivity contribution in [1.82, 2.24) is 5.32 Å². The molecule has 0 bridgehead atoms. The average molecular weight is 353 g/mol. The van der Waals surface area contributed by atoms with E-state index < -0.39 is 36.9 Å². The maximum absolute atomic E-state index is 12.2. The van der Waals surface area contributed by atoms with Crippen molar-refractivity contribution in [2.75, 3.05) is 18.2 Å². The molecule has 7 nitrogen and oxygen atoms in total. The average Bonchev–Trinajstić information content (AvgIpc) is 2.40. The number of hydrogen-bond acceptors (Lipinski definition) is 5. The van der Waals surface area contributed by atoms with E-state index in [4.69, 9.17) is 11.5 Å². The molecule has 3 unspecified atom stereocenters. The van der Waals surface area contributed by atoms with Crippen LogP contribution in [-0.2, 0) is 14.2 Å². The van der Waals surface area contributed by atoms with E-state index in [1.165, 1.54) is 6.92 Å². The highest BCUT2D eigenvalue weighted by atomic mass is 32.2. The molecule has 130 valence electrons. The first-order valence-corrected chi connectivity index (χ1v) is 10.5. The van der Waals surface area contributed by atoms with Crippen LogP contribution >= 0.6 is 19.1 Å². The topological polar surface area (TPSA) is 136 Å². The third-order valence-electron chi connectivity index (χ3n) is 3.39. The van der Waals surface area contributed by atoms with Crippen molar-refractivity contribution in [3.05, 3.63) is 0 Å². The lowest BCUT2D eigenvalue weighted by Crippen LogP contribution is -2.49. The number of primary amides is 1. The van der Waals surface area contributed by atoms with Crippen molar-refractivity contribution in [2.45, 2.75) is 39.0 Å². The molecule has 0 saturated heterocycles. The molecular weight excluding hydrogens is 325 g/mol. The summed E-state index contributed by atoms with van der Waals surface area (Å²) in [7, 11) is -3.63. The van der Waals surface area contributed by atoms with Gasteiger partial charge in [-0.15, -0.1) is 0 Å². The third-order valence-corrected chi connectivity index (χ3v) is 6.40. The molecule has 0 aromatic heterocycles. The fraction of sp³-hybridized carbons (Fsp3) is 0.846. The molecule has 9 heteroatoms. The molecule has 0 spiro atoms. The molecule has 0 aromatic rings. The molecule has 2 amide bonds. The van der Waals surface area contributed by atoms with E-state index >= 15 is 0 Å². The highest BCUT2D eigenvalue weighted by Crippen LogP contribution is 2.47. The lowest BCUT2D eigenvalue weighted by molar-refractivity contribution is -0.130. The van der Waals surface area contributed by atoms with Gasteiger partial charge in [-0.05, 0) is 24.3 Å². The van der Waals surface area contributed by atoms with Gasteiger partial charge in [0, 0.05) is 12.1 Å². The Morgan fingerprint density at radius 1 is 1.32 bits per heavy atom. The SMILES string of the molecule is CSCCC(N)P(=O)(O)CC(C)C(=O)N[C@H](C(N)=O)C(C)C. The van der Waals surface area contributed by atoms with Gasteiger partial charge < -0.3 is 21.7 Å². The minimum atomic E-state index is -3.63. The summed E-state index contributed by atoms with van der Waals surface area (Å²) in [6.45, 7) is 5.06. The van der Waals surface area contributed by atoms with E-state index in [1.807, 2.05) is 6.26 Å². The molecule has 0 saturated carbocycles. The Hall–Kier alpha value is -0.560. The van der Waals surface area contributed by atoms with Crippen molar-refractivity contribution in [1.29, 1.82) is 0 Å². The Morgan fingerprint density at radius 2 is 1.86 bits per heavy atom. The summed E-state index contributed by atoms with van der Waals surface area (Å²) < 4.78 is 12.2. The van der Waals surface area contributed by atoms with Crippen LogP contribution in [0.3, 0.4) is 0 Å². The number of nitrogens with two attached hydrogens (primary N) is 2. The van der Waals surface area contributed by atoms with Crippen molar-refractivity contribution >= 4 is 30.9 Å². The molecule has 0 fully saturated rings. The van der Waals surface area contributed by atoms with Gasteiger partial charge in [0.25, 0.3) is 0 Å². The quantitative estimate of drug-likeness (QED) is 0.424. The smallest absolute Gasteiger partial charge is 0.240 e. The standard InChI is InChI=1S/C13H28N3O4PS/c1-8(2)11(12(15)17)16-13(18)9(3)7-21(19,20)10(14)5-6-22-4/h8-11H,5-7,14H2,1-4H3,(H2,15,17)(H,16,18)(H,19,20)/t9?,10?,11-/m0/s1. The summed E-state index contributed by atoms with van der Waals surface area (Å²) in [6, 6.07) is -0.793. The summed E-state index contributed by atoms with van der Waals surface area (Å²) in [5, 5.41) is 2.53. The molecular formula is C13H28N3O4PS. The first kappa shape index (κ1) is 21.4. The molecule has 0 aliphatic rings. The van der Waals surface area contributed by atoms with Gasteiger partial charge >= 0.3 is 0 Å². The van der Waals surface area contributed by atoms with Crippen LogP contribution in [0.15, 0.2) is 0 Å². The van der Waals surface area contributed by atoms with Crippen LogP contribution in [0.1, 0.15) is 27.2 Å². The monoisotopic (exact) mass is 353 g/mol. The second-order valence-electron chi connectivity index (χ2n) is 5.82. The van der Waals surface area contributed by atoms with Crippen LogP contribution in [0, 0.1) is 11.8 Å². The van der Waals surface area contributed by atoms with E-state index in [-0.39, 0.29) is 12.1 Å². The minimum absolute atomic E-state index is 0.154. The number of rotatable bonds is 10. The van der Waals surface area contributed by atoms with Crippen molar-refractivity contribution in [2.24, 2.45) is 23.3 Å². The molecule has 0 heterocycles. The van der Waals surface area contributed by atoms with Crippen LogP contribution in [0.25, 0.3) is 0 Å². The Balaban J connectivity index is 4.69. The highest BCUT2D eigenvalue weighted by molar-refractivity contribution is 7.98. The molecule has 22 heavy (non-hydrogen) atoms. The van der Waals surface area contributed by atoms with Crippen LogP contribution < -0.4 is 16.8 Å². The summed E-state index contributed by atoms with van der Waals surface area (Å²) in [5.74, 6) is -2.13. The zero-order valence-electron chi connectivity index (χ0n) is 13.6. The second-order valence-corrected chi connectivity index (χ2v) is 9.35. The highest BCUT2D eigenvalue weighted by Gasteiger charge is 2.33. The van der Waals surface area contributed by atoms with Crippen LogP contribution in [-0.4, -0.2) is 46.7 Å². The van der Waals surface area contributed by atoms with Gasteiger partial charge in [-0.2, -0.15) is 11.8 Å². The number of carbonyl (C=O) groups excluding carboxylic acids is 2. The van der Waals surface area contributed by atoms with Crippen LogP contribution in [0.2, 0.25) is 0 Å². The molecule has 0 rings (SSSR count). The molecule has 6 N–H and O–H groups in total. The molecule has 0 aromatic carbocycles.